The van der Waals surface area contributed by atoms with Gasteiger partial charge in [-0.2, -0.15) is 9.98 Å². The Morgan fingerprint density at radius 2 is 1.56 bits per heavy atom. The molecule has 3 aromatic carbocycles. The van der Waals surface area contributed by atoms with Crippen LogP contribution in [0.3, 0.4) is 0 Å². The molecule has 0 spiro atoms. The van der Waals surface area contributed by atoms with Crippen LogP contribution in [-0.2, 0) is 0 Å². The third kappa shape index (κ3) is 3.72. The minimum absolute atomic E-state index is 0.165. The smallest absolute Gasteiger partial charge is 0.325 e. The van der Waals surface area contributed by atoms with E-state index in [-0.39, 0.29) is 12.0 Å². The third-order valence-electron chi connectivity index (χ3n) is 4.12. The number of nitrogens with two attached hydrogens (primary N) is 1. The lowest BCUT2D eigenvalue weighted by atomic mass is 10.0. The van der Waals surface area contributed by atoms with Crippen LogP contribution in [0.25, 0.3) is 27.9 Å². The summed E-state index contributed by atoms with van der Waals surface area (Å²) in [7, 11) is 0. The molecule has 4 aromatic rings. The molecule has 0 radical (unpaired) electrons. The summed E-state index contributed by atoms with van der Waals surface area (Å²) in [5.74, 6) is 0.165. The average molecular weight is 354 g/mol. The third-order valence-corrected chi connectivity index (χ3v) is 4.12. The van der Waals surface area contributed by atoms with Gasteiger partial charge in [0.05, 0.1) is 0 Å². The van der Waals surface area contributed by atoms with E-state index in [0.717, 1.165) is 16.6 Å². The summed E-state index contributed by atoms with van der Waals surface area (Å²) >= 11 is 0. The maximum atomic E-state index is 5.96. The predicted molar refractivity (Wildman–Crippen MR) is 109 cm³/mol. The molecule has 0 unspecified atom stereocenters. The molecular formula is C22H18N4O. The number of benzene rings is 3. The molecule has 132 valence electrons. The van der Waals surface area contributed by atoms with Gasteiger partial charge in [0.15, 0.2) is 5.58 Å². The molecule has 5 nitrogen and oxygen atoms in total. The largest absolute Gasteiger partial charge is 0.422 e. The number of aromatic nitrogens is 1. The Kier molecular flexibility index (Phi) is 4.41. The Labute approximate surface area is 156 Å². The zero-order valence-corrected chi connectivity index (χ0v) is 14.6. The Morgan fingerprint density at radius 1 is 0.889 bits per heavy atom. The number of aliphatic imine (C=N–C) groups is 1. The monoisotopic (exact) mass is 354 g/mol. The van der Waals surface area contributed by atoms with E-state index in [1.807, 2.05) is 66.7 Å². The maximum Gasteiger partial charge on any atom is 0.325 e. The molecule has 3 N–H and O–H groups in total. The zero-order valence-electron chi connectivity index (χ0n) is 14.6. The van der Waals surface area contributed by atoms with Crippen LogP contribution in [0.4, 0.5) is 6.01 Å². The van der Waals surface area contributed by atoms with E-state index in [0.29, 0.717) is 11.3 Å². The number of hydrogen-bond donors (Lipinski definition) is 2. The summed E-state index contributed by atoms with van der Waals surface area (Å²) in [5, 5.41) is 2.98. The molecule has 0 amide bonds. The highest BCUT2D eigenvalue weighted by atomic mass is 16.4. The number of guanidine groups is 1. The first-order valence-corrected chi connectivity index (χ1v) is 8.50. The number of hydrogen-bond acceptors (Lipinski definition) is 3. The van der Waals surface area contributed by atoms with E-state index in [9.17, 15) is 0 Å². The maximum absolute atomic E-state index is 5.96. The summed E-state index contributed by atoms with van der Waals surface area (Å²) in [4.78, 5) is 8.45. The van der Waals surface area contributed by atoms with Crippen molar-refractivity contribution < 1.29 is 4.42 Å². The molecular weight excluding hydrogens is 336 g/mol. The molecule has 0 fully saturated rings. The van der Waals surface area contributed by atoms with Crippen LogP contribution in [-0.4, -0.2) is 10.9 Å². The van der Waals surface area contributed by atoms with Crippen molar-refractivity contribution in [1.82, 2.24) is 10.3 Å². The SMILES string of the molecule is C=C(NC(N)=Nc1nc2ccccc2o1)c1ccc(-c2ccccc2)cc1. The van der Waals surface area contributed by atoms with Crippen LogP contribution in [0.5, 0.6) is 0 Å². The van der Waals surface area contributed by atoms with Gasteiger partial charge in [0.2, 0.25) is 5.96 Å². The molecule has 0 aliphatic carbocycles. The first kappa shape index (κ1) is 16.6. The molecule has 0 aliphatic rings. The quantitative estimate of drug-likeness (QED) is 0.411. The van der Waals surface area contributed by atoms with Crippen LogP contribution in [0.2, 0.25) is 0 Å². The van der Waals surface area contributed by atoms with E-state index >= 15 is 0 Å². The molecule has 0 aliphatic heterocycles. The first-order chi connectivity index (χ1) is 13.2. The standard InChI is InChI=1S/C22H18N4O/c1-15(16-11-13-18(14-12-16)17-7-3-2-4-8-17)24-21(23)26-22-25-19-9-5-6-10-20(19)27-22/h2-14H,1H2,(H3,23,24,25,26). The fourth-order valence-electron chi connectivity index (χ4n) is 2.76. The number of fused-ring (bicyclic) bond motifs is 1. The molecule has 0 bridgehead atoms. The highest BCUT2D eigenvalue weighted by molar-refractivity contribution is 5.89. The molecule has 0 saturated heterocycles. The molecule has 5 heteroatoms. The molecule has 27 heavy (non-hydrogen) atoms. The number of para-hydroxylation sites is 2. The van der Waals surface area contributed by atoms with E-state index < -0.39 is 0 Å². The van der Waals surface area contributed by atoms with Crippen molar-refractivity contribution >= 4 is 28.8 Å². The van der Waals surface area contributed by atoms with E-state index in [4.69, 9.17) is 10.2 Å². The summed E-state index contributed by atoms with van der Waals surface area (Å²) in [6, 6.07) is 25.9. The summed E-state index contributed by atoms with van der Waals surface area (Å²) < 4.78 is 5.54. The molecule has 1 heterocycles. The highest BCUT2D eigenvalue weighted by Crippen LogP contribution is 2.22. The van der Waals surface area contributed by atoms with Crippen LogP contribution < -0.4 is 11.1 Å². The predicted octanol–water partition coefficient (Wildman–Crippen LogP) is 4.70. The molecule has 4 rings (SSSR count). The molecule has 1 aromatic heterocycles. The van der Waals surface area contributed by atoms with Crippen molar-refractivity contribution in [3.63, 3.8) is 0 Å². The van der Waals surface area contributed by atoms with Crippen LogP contribution >= 0.6 is 0 Å². The molecule has 0 saturated carbocycles. The highest BCUT2D eigenvalue weighted by Gasteiger charge is 2.06. The van der Waals surface area contributed by atoms with Crippen molar-refractivity contribution in [2.75, 3.05) is 0 Å². The van der Waals surface area contributed by atoms with Gasteiger partial charge < -0.3 is 15.5 Å². The van der Waals surface area contributed by atoms with Crippen molar-refractivity contribution in [3.05, 3.63) is 91.0 Å². The van der Waals surface area contributed by atoms with E-state index in [2.05, 4.69) is 34.0 Å². The zero-order chi connectivity index (χ0) is 18.6. The lowest BCUT2D eigenvalue weighted by Crippen LogP contribution is -2.29. The Morgan fingerprint density at radius 3 is 2.30 bits per heavy atom. The second-order valence-corrected chi connectivity index (χ2v) is 6.01. The number of nitrogens with zero attached hydrogens (tertiary/aromatic N) is 2. The van der Waals surface area contributed by atoms with Crippen molar-refractivity contribution in [3.8, 4) is 11.1 Å². The van der Waals surface area contributed by atoms with Gasteiger partial charge in [-0.1, -0.05) is 73.3 Å². The first-order valence-electron chi connectivity index (χ1n) is 8.50. The van der Waals surface area contributed by atoms with Gasteiger partial charge in [0.25, 0.3) is 0 Å². The second-order valence-electron chi connectivity index (χ2n) is 6.01. The van der Waals surface area contributed by atoms with Gasteiger partial charge in [0.1, 0.15) is 5.52 Å². The van der Waals surface area contributed by atoms with E-state index in [1.54, 1.807) is 0 Å². The minimum Gasteiger partial charge on any atom is -0.422 e. The van der Waals surface area contributed by atoms with Gasteiger partial charge in [-0.05, 0) is 28.8 Å². The average Bonchev–Trinajstić information content (AvgIpc) is 3.10. The number of rotatable bonds is 4. The van der Waals surface area contributed by atoms with Gasteiger partial charge in [-0.15, -0.1) is 0 Å². The fraction of sp³-hybridized carbons (Fsp3) is 0. The van der Waals surface area contributed by atoms with Crippen LogP contribution in [0.15, 0.2) is 94.9 Å². The van der Waals surface area contributed by atoms with Gasteiger partial charge in [-0.25, -0.2) is 0 Å². The van der Waals surface area contributed by atoms with Crippen molar-refractivity contribution in [1.29, 1.82) is 0 Å². The van der Waals surface area contributed by atoms with Crippen LogP contribution in [0.1, 0.15) is 5.56 Å². The Hall–Kier alpha value is -3.86. The van der Waals surface area contributed by atoms with Gasteiger partial charge in [-0.3, -0.25) is 0 Å². The summed E-state index contributed by atoms with van der Waals surface area (Å²) in [6.45, 7) is 4.03. The minimum atomic E-state index is 0.165. The Balaban J connectivity index is 1.48. The number of oxazole rings is 1. The van der Waals surface area contributed by atoms with Gasteiger partial charge in [0, 0.05) is 5.70 Å². The van der Waals surface area contributed by atoms with Crippen molar-refractivity contribution in [2.45, 2.75) is 0 Å². The van der Waals surface area contributed by atoms with Crippen molar-refractivity contribution in [2.24, 2.45) is 10.7 Å². The normalized spacial score (nSPS) is 11.5. The van der Waals surface area contributed by atoms with Gasteiger partial charge >= 0.3 is 6.01 Å². The fourth-order valence-corrected chi connectivity index (χ4v) is 2.76. The molecule has 0 atom stereocenters. The van der Waals surface area contributed by atoms with Crippen LogP contribution in [0, 0.1) is 0 Å². The lowest BCUT2D eigenvalue weighted by Gasteiger charge is -2.09. The summed E-state index contributed by atoms with van der Waals surface area (Å²) in [6.07, 6.45) is 0. The lowest BCUT2D eigenvalue weighted by molar-refractivity contribution is 0.613. The second kappa shape index (κ2) is 7.17. The number of nitrogens with one attached hydrogen (secondary N) is 1. The Bertz CT molecular complexity index is 1080. The summed E-state index contributed by atoms with van der Waals surface area (Å²) in [5.41, 5.74) is 11.2. The topological polar surface area (TPSA) is 76.4 Å². The van der Waals surface area contributed by atoms with E-state index in [1.165, 1.54) is 5.56 Å².